The average Bonchev–Trinajstić information content (AvgIpc) is 3.20. The molecular weight excluding hydrogens is 707 g/mol. The number of amides is 1. The second-order valence-electron chi connectivity index (χ2n) is 15.9. The summed E-state index contributed by atoms with van der Waals surface area (Å²) in [5, 5.41) is 23.6. The van der Waals surface area contributed by atoms with E-state index in [-0.39, 0.29) is 24.9 Å². The van der Waals surface area contributed by atoms with Crippen molar-refractivity contribution in [2.45, 2.75) is 232 Å². The first kappa shape index (κ1) is 54.3. The van der Waals surface area contributed by atoms with E-state index in [9.17, 15) is 19.8 Å². The van der Waals surface area contributed by atoms with Crippen LogP contribution in [0.15, 0.2) is 72.9 Å². The molecule has 3 unspecified atom stereocenters. The molecule has 1 amide bonds. The molecule has 328 valence electrons. The molecule has 0 aliphatic heterocycles. The van der Waals surface area contributed by atoms with E-state index in [2.05, 4.69) is 68.6 Å². The van der Waals surface area contributed by atoms with Gasteiger partial charge in [0, 0.05) is 6.42 Å². The second-order valence-corrected chi connectivity index (χ2v) is 15.9. The molecule has 0 aromatic carbocycles. The Hall–Kier alpha value is -2.70. The van der Waals surface area contributed by atoms with E-state index in [0.29, 0.717) is 19.3 Å². The number of hydrogen-bond acceptors (Lipinski definition) is 5. The summed E-state index contributed by atoms with van der Waals surface area (Å²) >= 11 is 0. The van der Waals surface area contributed by atoms with E-state index in [1.54, 1.807) is 0 Å². The Bertz CT molecular complexity index is 1070. The summed E-state index contributed by atoms with van der Waals surface area (Å²) in [4.78, 5) is 26.0. The summed E-state index contributed by atoms with van der Waals surface area (Å²) in [7, 11) is 0. The number of carbonyl (C=O) groups excluding carboxylic acids is 2. The molecule has 0 bridgehead atoms. The predicted octanol–water partition coefficient (Wildman–Crippen LogP) is 13.8. The summed E-state index contributed by atoms with van der Waals surface area (Å²) in [5.74, 6) is -0.551. The van der Waals surface area contributed by atoms with Crippen LogP contribution >= 0.6 is 0 Å². The van der Waals surface area contributed by atoms with E-state index in [1.807, 2.05) is 30.4 Å². The SMILES string of the molecule is CC/C=C/C=C/C=C/C=C\CCCCCC(CC(=O)NC(CO)C(O)CCCCCCCCCCC)OC(=O)CCCCC/C=C/C=C/CCCCCCCCC. The van der Waals surface area contributed by atoms with Crippen molar-refractivity contribution in [2.24, 2.45) is 0 Å². The van der Waals surface area contributed by atoms with Crippen LogP contribution in [0.25, 0.3) is 0 Å². The van der Waals surface area contributed by atoms with Crippen molar-refractivity contribution in [2.75, 3.05) is 6.61 Å². The summed E-state index contributed by atoms with van der Waals surface area (Å²) in [5.41, 5.74) is 0. The number of allylic oxidation sites excluding steroid dienone is 12. The number of aliphatic hydroxyl groups excluding tert-OH is 2. The molecule has 0 aromatic heterocycles. The number of rotatable bonds is 41. The highest BCUT2D eigenvalue weighted by Gasteiger charge is 2.24. The maximum absolute atomic E-state index is 13.1. The standard InChI is InChI=1S/C51H89NO5/c1-4-7-10-13-16-19-21-23-24-25-27-29-32-35-38-41-44-51(56)57-47(42-39-36-33-31-28-26-22-20-17-14-11-8-5-2)45-50(55)52-48(46-53)49(54)43-40-37-34-30-18-15-12-9-6-3/h8,11,14,17,20,22,24-29,47-49,53-54H,4-7,9-10,12-13,15-16,18-19,21,23,30-46H2,1-3H3,(H,52,55)/b11-8+,17-14+,22-20+,25-24+,28-26-,29-27+. The van der Waals surface area contributed by atoms with Crippen LogP contribution in [0.1, 0.15) is 213 Å². The molecule has 6 heteroatoms. The lowest BCUT2D eigenvalue weighted by Gasteiger charge is -2.24. The number of esters is 1. The first-order chi connectivity index (χ1) is 28.0. The van der Waals surface area contributed by atoms with E-state index in [4.69, 9.17) is 4.74 Å². The zero-order valence-corrected chi connectivity index (χ0v) is 37.2. The smallest absolute Gasteiger partial charge is 0.306 e. The van der Waals surface area contributed by atoms with Gasteiger partial charge in [-0.3, -0.25) is 9.59 Å². The maximum Gasteiger partial charge on any atom is 0.306 e. The van der Waals surface area contributed by atoms with Crippen molar-refractivity contribution in [3.63, 3.8) is 0 Å². The highest BCUT2D eigenvalue weighted by Crippen LogP contribution is 2.16. The monoisotopic (exact) mass is 796 g/mol. The van der Waals surface area contributed by atoms with Crippen LogP contribution in [0, 0.1) is 0 Å². The molecule has 0 aliphatic rings. The Morgan fingerprint density at radius 1 is 0.526 bits per heavy atom. The molecule has 0 radical (unpaired) electrons. The predicted molar refractivity (Wildman–Crippen MR) is 245 cm³/mol. The lowest BCUT2D eigenvalue weighted by Crippen LogP contribution is -2.46. The summed E-state index contributed by atoms with van der Waals surface area (Å²) < 4.78 is 5.88. The van der Waals surface area contributed by atoms with Gasteiger partial charge in [-0.25, -0.2) is 0 Å². The lowest BCUT2D eigenvalue weighted by atomic mass is 10.0. The van der Waals surface area contributed by atoms with Gasteiger partial charge >= 0.3 is 5.97 Å². The van der Waals surface area contributed by atoms with Gasteiger partial charge in [0.05, 0.1) is 25.2 Å². The fourth-order valence-corrected chi connectivity index (χ4v) is 6.78. The van der Waals surface area contributed by atoms with Gasteiger partial charge in [0.2, 0.25) is 5.91 Å². The third-order valence-electron chi connectivity index (χ3n) is 10.4. The first-order valence-electron chi connectivity index (χ1n) is 23.7. The lowest BCUT2D eigenvalue weighted by molar-refractivity contribution is -0.151. The van der Waals surface area contributed by atoms with Gasteiger partial charge in [0.25, 0.3) is 0 Å². The number of aliphatic hydroxyl groups is 2. The number of ether oxygens (including phenoxy) is 1. The fraction of sp³-hybridized carbons (Fsp3) is 0.725. The Labute approximate surface area is 351 Å². The third kappa shape index (κ3) is 39.9. The van der Waals surface area contributed by atoms with Crippen molar-refractivity contribution in [3.8, 4) is 0 Å². The zero-order chi connectivity index (χ0) is 41.7. The third-order valence-corrected chi connectivity index (χ3v) is 10.4. The molecule has 0 heterocycles. The van der Waals surface area contributed by atoms with Gasteiger partial charge in [-0.15, -0.1) is 0 Å². The Kier molecular flexibility index (Phi) is 42.3. The van der Waals surface area contributed by atoms with Crippen molar-refractivity contribution in [1.29, 1.82) is 0 Å². The number of carbonyl (C=O) groups is 2. The van der Waals surface area contributed by atoms with Crippen molar-refractivity contribution < 1.29 is 24.5 Å². The highest BCUT2D eigenvalue weighted by molar-refractivity contribution is 5.77. The second kappa shape index (κ2) is 44.4. The van der Waals surface area contributed by atoms with Crippen LogP contribution in [-0.4, -0.2) is 46.9 Å². The Morgan fingerprint density at radius 2 is 0.947 bits per heavy atom. The maximum atomic E-state index is 13.1. The molecule has 0 saturated carbocycles. The van der Waals surface area contributed by atoms with E-state index < -0.39 is 18.2 Å². The number of nitrogens with one attached hydrogen (secondary N) is 1. The van der Waals surface area contributed by atoms with Crippen LogP contribution < -0.4 is 5.32 Å². The van der Waals surface area contributed by atoms with E-state index >= 15 is 0 Å². The number of unbranched alkanes of at least 4 members (excludes halogenated alkanes) is 21. The quantitative estimate of drug-likeness (QED) is 0.0325. The molecule has 0 saturated heterocycles. The van der Waals surface area contributed by atoms with Crippen molar-refractivity contribution in [3.05, 3.63) is 72.9 Å². The molecule has 6 nitrogen and oxygen atoms in total. The molecular formula is C51H89NO5. The topological polar surface area (TPSA) is 95.9 Å². The van der Waals surface area contributed by atoms with Crippen LogP contribution in [0.4, 0.5) is 0 Å². The Morgan fingerprint density at radius 3 is 1.47 bits per heavy atom. The van der Waals surface area contributed by atoms with E-state index in [1.165, 1.54) is 83.5 Å². The average molecular weight is 796 g/mol. The molecule has 57 heavy (non-hydrogen) atoms. The minimum Gasteiger partial charge on any atom is -0.462 e. The van der Waals surface area contributed by atoms with Gasteiger partial charge in [0.1, 0.15) is 6.10 Å². The van der Waals surface area contributed by atoms with E-state index in [0.717, 1.165) is 83.5 Å². The molecule has 0 rings (SSSR count). The molecule has 0 fully saturated rings. The zero-order valence-electron chi connectivity index (χ0n) is 37.2. The molecule has 3 N–H and O–H groups in total. The van der Waals surface area contributed by atoms with Crippen LogP contribution in [0.3, 0.4) is 0 Å². The van der Waals surface area contributed by atoms with Crippen LogP contribution in [-0.2, 0) is 14.3 Å². The summed E-state index contributed by atoms with van der Waals surface area (Å²) in [6, 6.07) is -0.721. The number of hydrogen-bond donors (Lipinski definition) is 3. The summed E-state index contributed by atoms with van der Waals surface area (Å²) in [6.45, 7) is 6.28. The minimum absolute atomic E-state index is 0.0376. The van der Waals surface area contributed by atoms with Crippen molar-refractivity contribution in [1.82, 2.24) is 5.32 Å². The van der Waals surface area contributed by atoms with Crippen LogP contribution in [0.2, 0.25) is 0 Å². The summed E-state index contributed by atoms with van der Waals surface area (Å²) in [6.07, 6.45) is 55.4. The molecule has 0 aromatic rings. The molecule has 0 spiro atoms. The van der Waals surface area contributed by atoms with Gasteiger partial charge in [-0.05, 0) is 70.6 Å². The largest absolute Gasteiger partial charge is 0.462 e. The Balaban J connectivity index is 4.71. The van der Waals surface area contributed by atoms with Gasteiger partial charge in [-0.2, -0.15) is 0 Å². The molecule has 3 atom stereocenters. The minimum atomic E-state index is -0.804. The van der Waals surface area contributed by atoms with Crippen LogP contribution in [0.5, 0.6) is 0 Å². The van der Waals surface area contributed by atoms with Gasteiger partial charge < -0.3 is 20.3 Å². The fourth-order valence-electron chi connectivity index (χ4n) is 6.78. The highest BCUT2D eigenvalue weighted by atomic mass is 16.5. The van der Waals surface area contributed by atoms with Crippen molar-refractivity contribution >= 4 is 11.9 Å². The van der Waals surface area contributed by atoms with Gasteiger partial charge in [0.15, 0.2) is 0 Å². The van der Waals surface area contributed by atoms with Gasteiger partial charge in [-0.1, -0.05) is 203 Å². The normalized spacial score (nSPS) is 14.0. The first-order valence-corrected chi connectivity index (χ1v) is 23.7. The molecule has 0 aliphatic carbocycles.